The van der Waals surface area contributed by atoms with Gasteiger partial charge in [0.2, 0.25) is 0 Å². The summed E-state index contributed by atoms with van der Waals surface area (Å²) in [6.45, 7) is 2.01. The molecular formula is C20H18N4OS. The summed E-state index contributed by atoms with van der Waals surface area (Å²) in [4.78, 5) is 18.8. The summed E-state index contributed by atoms with van der Waals surface area (Å²) in [6.07, 6.45) is 5.41. The van der Waals surface area contributed by atoms with Crippen molar-refractivity contribution in [1.29, 1.82) is 0 Å². The van der Waals surface area contributed by atoms with E-state index < -0.39 is 0 Å². The maximum Gasteiger partial charge on any atom is 0.263 e. The Labute approximate surface area is 154 Å². The van der Waals surface area contributed by atoms with E-state index in [9.17, 15) is 4.79 Å². The van der Waals surface area contributed by atoms with Crippen molar-refractivity contribution in [3.63, 3.8) is 0 Å². The number of hydrogen-bond acceptors (Lipinski definition) is 4. The van der Waals surface area contributed by atoms with Gasteiger partial charge in [-0.05, 0) is 42.5 Å². The number of nitrogens with one attached hydrogen (secondary N) is 1. The fraction of sp³-hybridized carbons (Fsp3) is 0.200. The van der Waals surface area contributed by atoms with Crippen LogP contribution in [0.15, 0.2) is 42.7 Å². The molecule has 1 aromatic carbocycles. The Bertz CT molecular complexity index is 1150. The number of pyridine rings is 1. The average molecular weight is 362 g/mol. The highest BCUT2D eigenvalue weighted by molar-refractivity contribution is 7.21. The van der Waals surface area contributed by atoms with Crippen molar-refractivity contribution in [3.05, 3.63) is 64.3 Å². The molecule has 3 aromatic heterocycles. The fourth-order valence-electron chi connectivity index (χ4n) is 3.92. The van der Waals surface area contributed by atoms with E-state index in [1.165, 1.54) is 22.5 Å². The molecule has 0 bridgehead atoms. The van der Waals surface area contributed by atoms with Crippen LogP contribution in [-0.2, 0) is 12.8 Å². The first-order valence-electron chi connectivity index (χ1n) is 8.64. The number of hydrogen-bond donors (Lipinski definition) is 2. The van der Waals surface area contributed by atoms with Gasteiger partial charge in [0.25, 0.3) is 5.91 Å². The van der Waals surface area contributed by atoms with Crippen LogP contribution >= 0.6 is 11.3 Å². The number of fused-ring (bicyclic) bond motifs is 4. The van der Waals surface area contributed by atoms with E-state index in [-0.39, 0.29) is 11.9 Å². The zero-order valence-electron chi connectivity index (χ0n) is 14.3. The first kappa shape index (κ1) is 15.4. The average Bonchev–Trinajstić information content (AvgIpc) is 3.30. The molecule has 4 aromatic rings. The molecule has 1 aliphatic carbocycles. The maximum absolute atomic E-state index is 12.9. The number of aryl methyl sites for hydroxylation is 1. The number of rotatable bonds is 2. The molecule has 26 heavy (non-hydrogen) atoms. The molecule has 1 amide bonds. The van der Waals surface area contributed by atoms with Crippen LogP contribution in [0.5, 0.6) is 0 Å². The number of carbonyl (C=O) groups is 1. The molecule has 0 aliphatic heterocycles. The van der Waals surface area contributed by atoms with Crippen molar-refractivity contribution in [2.24, 2.45) is 0 Å². The van der Waals surface area contributed by atoms with Gasteiger partial charge in [0, 0.05) is 23.8 Å². The first-order chi connectivity index (χ1) is 12.6. The maximum atomic E-state index is 12.9. The lowest BCUT2D eigenvalue weighted by molar-refractivity contribution is 0.0943. The Morgan fingerprint density at radius 2 is 2.04 bits per heavy atom. The molecule has 0 atom stereocenters. The Hall–Kier alpha value is -2.86. The summed E-state index contributed by atoms with van der Waals surface area (Å²) in [5.74, 6) is -0.0887. The third-order valence-electron chi connectivity index (χ3n) is 5.15. The van der Waals surface area contributed by atoms with Crippen molar-refractivity contribution in [2.75, 3.05) is 5.73 Å². The van der Waals surface area contributed by atoms with Crippen LogP contribution in [0.25, 0.3) is 15.9 Å². The molecule has 0 fully saturated rings. The quantitative estimate of drug-likeness (QED) is 0.574. The van der Waals surface area contributed by atoms with Crippen molar-refractivity contribution in [1.82, 2.24) is 14.7 Å². The summed E-state index contributed by atoms with van der Waals surface area (Å²) in [5, 5.41) is 4.12. The third-order valence-corrected chi connectivity index (χ3v) is 6.35. The summed E-state index contributed by atoms with van der Waals surface area (Å²) < 4.78 is 1.99. The van der Waals surface area contributed by atoms with Gasteiger partial charge in [-0.2, -0.15) is 0 Å². The number of thiophene rings is 1. The molecule has 0 spiro atoms. The van der Waals surface area contributed by atoms with Crippen LogP contribution in [0, 0.1) is 6.92 Å². The molecule has 0 radical (unpaired) electrons. The normalized spacial score (nSPS) is 14.2. The molecular weight excluding hydrogens is 344 g/mol. The van der Waals surface area contributed by atoms with Crippen molar-refractivity contribution >= 4 is 38.8 Å². The van der Waals surface area contributed by atoms with E-state index in [4.69, 9.17) is 5.73 Å². The van der Waals surface area contributed by atoms with Gasteiger partial charge in [-0.25, -0.2) is 4.98 Å². The second-order valence-corrected chi connectivity index (χ2v) is 7.85. The molecule has 1 aliphatic rings. The minimum atomic E-state index is -0.0887. The van der Waals surface area contributed by atoms with Crippen molar-refractivity contribution < 1.29 is 4.79 Å². The van der Waals surface area contributed by atoms with E-state index in [2.05, 4.69) is 22.4 Å². The summed E-state index contributed by atoms with van der Waals surface area (Å²) >= 11 is 1.43. The largest absolute Gasteiger partial charge is 0.397 e. The van der Waals surface area contributed by atoms with Gasteiger partial charge in [0.1, 0.15) is 15.4 Å². The van der Waals surface area contributed by atoms with E-state index in [0.29, 0.717) is 10.6 Å². The molecule has 130 valence electrons. The highest BCUT2D eigenvalue weighted by atomic mass is 32.1. The number of carbonyl (C=O) groups excluding carboxylic acids is 1. The fourth-order valence-corrected chi connectivity index (χ4v) is 5.10. The monoisotopic (exact) mass is 362 g/mol. The minimum Gasteiger partial charge on any atom is -0.397 e. The molecule has 3 heterocycles. The van der Waals surface area contributed by atoms with Gasteiger partial charge in [0.15, 0.2) is 0 Å². The summed E-state index contributed by atoms with van der Waals surface area (Å²) in [7, 11) is 0. The number of nitrogen functional groups attached to an aromatic ring is 1. The van der Waals surface area contributed by atoms with E-state index >= 15 is 0 Å². The Balaban J connectivity index is 1.50. The van der Waals surface area contributed by atoms with Crippen LogP contribution in [-0.4, -0.2) is 21.3 Å². The highest BCUT2D eigenvalue weighted by Gasteiger charge is 2.26. The molecule has 0 saturated heterocycles. The standard InChI is InChI=1S/C20H18N4OS/c1-11-8-15-22-6-7-24(15)20-16(11)17(21)18(26-20)19(25)23-14-9-12-4-2-3-5-13(12)10-14/h2-8,14H,9-10,21H2,1H3,(H,23,25). The molecule has 5 rings (SSSR count). The third kappa shape index (κ3) is 2.22. The SMILES string of the molecule is Cc1cc2nccn2c2sc(C(=O)NC3Cc4ccccc4C3)c(N)c12. The minimum absolute atomic E-state index is 0.0887. The molecule has 3 N–H and O–H groups in total. The molecule has 6 heteroatoms. The van der Waals surface area contributed by atoms with Crippen LogP contribution < -0.4 is 11.1 Å². The Morgan fingerprint density at radius 1 is 1.31 bits per heavy atom. The van der Waals surface area contributed by atoms with Gasteiger partial charge >= 0.3 is 0 Å². The smallest absolute Gasteiger partial charge is 0.263 e. The number of aromatic nitrogens is 2. The van der Waals surface area contributed by atoms with Gasteiger partial charge in [0.05, 0.1) is 5.69 Å². The Morgan fingerprint density at radius 3 is 2.77 bits per heavy atom. The predicted molar refractivity (Wildman–Crippen MR) is 105 cm³/mol. The second kappa shape index (κ2) is 5.57. The van der Waals surface area contributed by atoms with Gasteiger partial charge in [-0.15, -0.1) is 11.3 Å². The Kier molecular flexibility index (Phi) is 3.30. The highest BCUT2D eigenvalue weighted by Crippen LogP contribution is 2.36. The van der Waals surface area contributed by atoms with Gasteiger partial charge in [-0.1, -0.05) is 24.3 Å². The number of anilines is 1. The van der Waals surface area contributed by atoms with Crippen molar-refractivity contribution in [2.45, 2.75) is 25.8 Å². The number of nitrogens with two attached hydrogens (primary N) is 1. The predicted octanol–water partition coefficient (Wildman–Crippen LogP) is 3.34. The number of amides is 1. The topological polar surface area (TPSA) is 72.4 Å². The van der Waals surface area contributed by atoms with Crippen LogP contribution in [0.3, 0.4) is 0 Å². The molecule has 5 nitrogen and oxygen atoms in total. The molecule has 0 unspecified atom stereocenters. The number of benzene rings is 1. The lowest BCUT2D eigenvalue weighted by Gasteiger charge is -2.11. The van der Waals surface area contributed by atoms with Crippen LogP contribution in [0.4, 0.5) is 5.69 Å². The lowest BCUT2D eigenvalue weighted by Crippen LogP contribution is -2.35. The molecule has 0 saturated carbocycles. The zero-order chi connectivity index (χ0) is 17.8. The van der Waals surface area contributed by atoms with Crippen molar-refractivity contribution in [3.8, 4) is 0 Å². The number of imidazole rings is 1. The van der Waals surface area contributed by atoms with Gasteiger partial charge in [-0.3, -0.25) is 9.20 Å². The van der Waals surface area contributed by atoms with E-state index in [0.717, 1.165) is 34.3 Å². The van der Waals surface area contributed by atoms with Crippen LogP contribution in [0.1, 0.15) is 26.4 Å². The van der Waals surface area contributed by atoms with Crippen LogP contribution in [0.2, 0.25) is 0 Å². The second-order valence-electron chi connectivity index (χ2n) is 6.86. The first-order valence-corrected chi connectivity index (χ1v) is 9.46. The lowest BCUT2D eigenvalue weighted by atomic mass is 10.1. The zero-order valence-corrected chi connectivity index (χ0v) is 15.1. The van der Waals surface area contributed by atoms with Gasteiger partial charge < -0.3 is 11.1 Å². The van der Waals surface area contributed by atoms with E-state index in [1.807, 2.05) is 35.7 Å². The van der Waals surface area contributed by atoms with E-state index in [1.54, 1.807) is 6.20 Å². The number of nitrogens with zero attached hydrogens (tertiary/aromatic N) is 2. The summed E-state index contributed by atoms with van der Waals surface area (Å²) in [6, 6.07) is 10.5. The summed E-state index contributed by atoms with van der Waals surface area (Å²) in [5.41, 5.74) is 11.5.